The Morgan fingerprint density at radius 3 is 2.58 bits per heavy atom. The van der Waals surface area contributed by atoms with Crippen LogP contribution in [0.4, 0.5) is 10.5 Å². The molecule has 0 saturated carbocycles. The number of ether oxygens (including phenoxy) is 2. The third-order valence-corrected chi connectivity index (χ3v) is 6.60. The summed E-state index contributed by atoms with van der Waals surface area (Å²) in [6, 6.07) is 5.08. The molecule has 0 radical (unpaired) electrons. The van der Waals surface area contributed by atoms with Crippen molar-refractivity contribution in [2.75, 3.05) is 30.8 Å². The standard InChI is InChI=1S/C23H32N4O5S/c1-16(2)31-23(28)26-12-9-19(10-13-26)32-22(7-11-24)25-17(3)27-14-8-18-15-20(33(4,29)30)5-6-21(18)27/h5-7,11,15-16,19H,3,8-10,12-14,24H2,1-2,4H3/b11-7-,25-22+. The highest BCUT2D eigenvalue weighted by Crippen LogP contribution is 2.33. The fourth-order valence-corrected chi connectivity index (χ4v) is 4.52. The minimum Gasteiger partial charge on any atom is -0.474 e. The van der Waals surface area contributed by atoms with Crippen LogP contribution in [0.2, 0.25) is 0 Å². The third kappa shape index (κ3) is 6.28. The molecular weight excluding hydrogens is 444 g/mol. The van der Waals surface area contributed by atoms with Gasteiger partial charge < -0.3 is 25.0 Å². The van der Waals surface area contributed by atoms with E-state index in [0.29, 0.717) is 55.5 Å². The number of likely N-dealkylation sites (tertiary alicyclic amines) is 1. The number of carbonyl (C=O) groups excluding carboxylic acids is 1. The molecule has 180 valence electrons. The van der Waals surface area contributed by atoms with Gasteiger partial charge in [0, 0.05) is 50.5 Å². The Hall–Kier alpha value is -3.01. The van der Waals surface area contributed by atoms with Gasteiger partial charge >= 0.3 is 6.09 Å². The van der Waals surface area contributed by atoms with E-state index in [4.69, 9.17) is 15.2 Å². The monoisotopic (exact) mass is 476 g/mol. The molecule has 0 bridgehead atoms. The summed E-state index contributed by atoms with van der Waals surface area (Å²) in [6.07, 6.45) is 5.56. The molecule has 2 N–H and O–H groups in total. The zero-order valence-electron chi connectivity index (χ0n) is 19.4. The topological polar surface area (TPSA) is 115 Å². The van der Waals surface area contributed by atoms with Gasteiger partial charge in [-0.25, -0.2) is 13.2 Å². The first-order valence-electron chi connectivity index (χ1n) is 11.0. The first-order chi connectivity index (χ1) is 15.6. The number of hydrogen-bond acceptors (Lipinski definition) is 8. The van der Waals surface area contributed by atoms with Gasteiger partial charge in [-0.3, -0.25) is 0 Å². The summed E-state index contributed by atoms with van der Waals surface area (Å²) in [5, 5.41) is 0. The van der Waals surface area contributed by atoms with E-state index in [9.17, 15) is 13.2 Å². The van der Waals surface area contributed by atoms with Gasteiger partial charge in [0.15, 0.2) is 9.84 Å². The lowest BCUT2D eigenvalue weighted by Gasteiger charge is -2.32. The largest absolute Gasteiger partial charge is 0.474 e. The summed E-state index contributed by atoms with van der Waals surface area (Å²) in [7, 11) is -3.26. The number of anilines is 1. The number of nitrogens with zero attached hydrogens (tertiary/aromatic N) is 3. The summed E-state index contributed by atoms with van der Waals surface area (Å²) < 4.78 is 35.0. The van der Waals surface area contributed by atoms with Gasteiger partial charge in [-0.05, 0) is 50.2 Å². The number of piperidine rings is 1. The summed E-state index contributed by atoms with van der Waals surface area (Å²) in [5.74, 6) is 0.818. The average Bonchev–Trinajstić information content (AvgIpc) is 3.17. The SMILES string of the molecule is C=C(/N=C(\C=C/N)OC1CCN(C(=O)OC(C)C)CC1)N1CCc2cc(S(C)(=O)=O)ccc21. The second-order valence-electron chi connectivity index (χ2n) is 8.43. The van der Waals surface area contributed by atoms with Gasteiger partial charge in [0.25, 0.3) is 0 Å². The van der Waals surface area contributed by atoms with E-state index >= 15 is 0 Å². The maximum atomic E-state index is 12.1. The zero-order chi connectivity index (χ0) is 24.2. The highest BCUT2D eigenvalue weighted by Gasteiger charge is 2.27. The van der Waals surface area contributed by atoms with Crippen LogP contribution >= 0.6 is 0 Å². The number of benzene rings is 1. The summed E-state index contributed by atoms with van der Waals surface area (Å²) >= 11 is 0. The van der Waals surface area contributed by atoms with Crippen molar-refractivity contribution in [3.8, 4) is 0 Å². The summed E-state index contributed by atoms with van der Waals surface area (Å²) in [6.45, 7) is 9.45. The first kappa shape index (κ1) is 24.6. The molecule has 33 heavy (non-hydrogen) atoms. The van der Waals surface area contributed by atoms with E-state index in [1.165, 1.54) is 12.5 Å². The van der Waals surface area contributed by atoms with Crippen molar-refractivity contribution in [1.29, 1.82) is 0 Å². The van der Waals surface area contributed by atoms with Crippen molar-refractivity contribution in [1.82, 2.24) is 4.90 Å². The predicted molar refractivity (Wildman–Crippen MR) is 128 cm³/mol. The number of amides is 1. The Labute approximate surface area is 195 Å². The van der Waals surface area contributed by atoms with Crippen LogP contribution < -0.4 is 10.6 Å². The van der Waals surface area contributed by atoms with Gasteiger partial charge in [0.05, 0.1) is 11.0 Å². The molecule has 1 fully saturated rings. The normalized spacial score (nSPS) is 17.5. The second-order valence-corrected chi connectivity index (χ2v) is 10.4. The fraction of sp³-hybridized carbons (Fsp3) is 0.478. The molecule has 10 heteroatoms. The van der Waals surface area contributed by atoms with E-state index < -0.39 is 9.84 Å². The van der Waals surface area contributed by atoms with E-state index in [0.717, 1.165) is 11.3 Å². The number of rotatable bonds is 6. The number of aliphatic imine (C=N–C) groups is 1. The van der Waals surface area contributed by atoms with Crippen LogP contribution in [0.25, 0.3) is 0 Å². The van der Waals surface area contributed by atoms with Crippen LogP contribution in [-0.2, 0) is 25.7 Å². The van der Waals surface area contributed by atoms with Crippen molar-refractivity contribution in [3.05, 3.63) is 48.4 Å². The molecule has 3 rings (SSSR count). The maximum Gasteiger partial charge on any atom is 0.410 e. The van der Waals surface area contributed by atoms with Crippen LogP contribution in [0.1, 0.15) is 32.3 Å². The lowest BCUT2D eigenvalue weighted by molar-refractivity contribution is 0.0494. The Morgan fingerprint density at radius 1 is 1.27 bits per heavy atom. The van der Waals surface area contributed by atoms with Gasteiger partial charge in [-0.15, -0.1) is 0 Å². The van der Waals surface area contributed by atoms with Crippen molar-refractivity contribution in [2.24, 2.45) is 10.7 Å². The number of hydrogen-bond donors (Lipinski definition) is 1. The molecule has 1 aromatic rings. The second kappa shape index (κ2) is 10.3. The number of sulfone groups is 1. The first-order valence-corrected chi connectivity index (χ1v) is 12.9. The molecule has 1 saturated heterocycles. The molecule has 2 aliphatic heterocycles. The summed E-state index contributed by atoms with van der Waals surface area (Å²) in [4.78, 5) is 20.5. The lowest BCUT2D eigenvalue weighted by atomic mass is 10.1. The Morgan fingerprint density at radius 2 is 1.97 bits per heavy atom. The molecular formula is C23H32N4O5S. The van der Waals surface area contributed by atoms with E-state index in [1.54, 1.807) is 29.2 Å². The Bertz CT molecular complexity index is 1060. The van der Waals surface area contributed by atoms with Gasteiger partial charge in [-0.2, -0.15) is 4.99 Å². The van der Waals surface area contributed by atoms with E-state index in [2.05, 4.69) is 11.6 Å². The van der Waals surface area contributed by atoms with Crippen LogP contribution in [0.3, 0.4) is 0 Å². The van der Waals surface area contributed by atoms with Crippen molar-refractivity contribution < 1.29 is 22.7 Å². The molecule has 0 atom stereocenters. The molecule has 1 amide bonds. The van der Waals surface area contributed by atoms with E-state index in [-0.39, 0.29) is 18.3 Å². The summed E-state index contributed by atoms with van der Waals surface area (Å²) in [5.41, 5.74) is 7.41. The van der Waals surface area contributed by atoms with Gasteiger partial charge in [0.1, 0.15) is 11.9 Å². The predicted octanol–water partition coefficient (Wildman–Crippen LogP) is 2.82. The number of carbonyl (C=O) groups is 1. The fourth-order valence-electron chi connectivity index (χ4n) is 3.85. The maximum absolute atomic E-state index is 12.1. The Balaban J connectivity index is 1.65. The Kier molecular flexibility index (Phi) is 7.68. The highest BCUT2D eigenvalue weighted by atomic mass is 32.2. The quantitative estimate of drug-likeness (QED) is 0.496. The minimum atomic E-state index is -3.26. The molecule has 0 unspecified atom stereocenters. The molecule has 9 nitrogen and oxygen atoms in total. The molecule has 0 spiro atoms. The number of nitrogens with two attached hydrogens (primary N) is 1. The van der Waals surface area contributed by atoms with Crippen molar-refractivity contribution in [2.45, 2.75) is 50.2 Å². The smallest absolute Gasteiger partial charge is 0.410 e. The minimum absolute atomic E-state index is 0.112. The van der Waals surface area contributed by atoms with Gasteiger partial charge in [-0.1, -0.05) is 6.58 Å². The van der Waals surface area contributed by atoms with Crippen LogP contribution in [-0.4, -0.2) is 63.4 Å². The number of fused-ring (bicyclic) bond motifs is 1. The highest BCUT2D eigenvalue weighted by molar-refractivity contribution is 7.90. The molecule has 1 aromatic carbocycles. The van der Waals surface area contributed by atoms with Crippen molar-refractivity contribution >= 4 is 27.5 Å². The lowest BCUT2D eigenvalue weighted by Crippen LogP contribution is -2.42. The van der Waals surface area contributed by atoms with Crippen molar-refractivity contribution in [3.63, 3.8) is 0 Å². The molecule has 0 aliphatic carbocycles. The van der Waals surface area contributed by atoms with Crippen LogP contribution in [0.15, 0.2) is 52.8 Å². The third-order valence-electron chi connectivity index (χ3n) is 5.49. The molecule has 0 aromatic heterocycles. The average molecular weight is 477 g/mol. The van der Waals surface area contributed by atoms with Crippen LogP contribution in [0.5, 0.6) is 0 Å². The molecule has 2 aliphatic rings. The van der Waals surface area contributed by atoms with Gasteiger partial charge in [0.2, 0.25) is 5.90 Å². The van der Waals surface area contributed by atoms with E-state index in [1.807, 2.05) is 18.7 Å². The molecule has 2 heterocycles. The zero-order valence-corrected chi connectivity index (χ0v) is 20.2. The van der Waals surface area contributed by atoms with Crippen LogP contribution in [0, 0.1) is 0 Å².